The molecular weight excluding hydrogens is 382 g/mol. The van der Waals surface area contributed by atoms with Crippen molar-refractivity contribution in [3.8, 4) is 11.8 Å². The van der Waals surface area contributed by atoms with Gasteiger partial charge in [0.05, 0.1) is 23.5 Å². The zero-order valence-corrected chi connectivity index (χ0v) is 17.2. The van der Waals surface area contributed by atoms with Crippen molar-refractivity contribution in [3.63, 3.8) is 0 Å². The molecule has 1 aliphatic heterocycles. The lowest BCUT2D eigenvalue weighted by Gasteiger charge is -2.33. The number of rotatable bonds is 2. The first-order chi connectivity index (χ1) is 14.1. The van der Waals surface area contributed by atoms with Crippen molar-refractivity contribution in [2.45, 2.75) is 32.1 Å². The monoisotopic (exact) mass is 403 g/mol. The van der Waals surface area contributed by atoms with E-state index in [0.29, 0.717) is 17.6 Å². The van der Waals surface area contributed by atoms with Gasteiger partial charge in [-0.1, -0.05) is 30.0 Å². The molecule has 5 heteroatoms. The molecule has 2 heterocycles. The van der Waals surface area contributed by atoms with Gasteiger partial charge in [0.25, 0.3) is 0 Å². The van der Waals surface area contributed by atoms with Gasteiger partial charge in [0, 0.05) is 33.8 Å². The quantitative estimate of drug-likeness (QED) is 0.600. The highest BCUT2D eigenvalue weighted by Gasteiger charge is 2.39. The van der Waals surface area contributed by atoms with E-state index >= 15 is 0 Å². The van der Waals surface area contributed by atoms with Gasteiger partial charge in [0.1, 0.15) is 0 Å². The van der Waals surface area contributed by atoms with Gasteiger partial charge in [0.15, 0.2) is 5.78 Å². The van der Waals surface area contributed by atoms with Crippen LogP contribution in [0.3, 0.4) is 0 Å². The second-order valence-corrected chi connectivity index (χ2v) is 8.19. The number of methoxy groups -OCH3 is 1. The highest BCUT2D eigenvalue weighted by atomic mass is 32.1. The Bertz CT molecular complexity index is 1100. The molecule has 0 fully saturated rings. The van der Waals surface area contributed by atoms with E-state index in [9.17, 15) is 9.59 Å². The summed E-state index contributed by atoms with van der Waals surface area (Å²) in [5, 5.41) is 3.28. The normalized spacial score (nSPS) is 18.6. The van der Waals surface area contributed by atoms with Crippen molar-refractivity contribution in [2.24, 2.45) is 0 Å². The minimum absolute atomic E-state index is 0.1000. The molecule has 0 saturated heterocycles. The average Bonchev–Trinajstić information content (AvgIpc) is 3.20. The number of ketones is 1. The standard InChI is InChI=1S/C24H21NO3S/c1-15-21(24(27)28-2)23(22-18(25-15)9-6-10-19(22)26)20-14-13-17(29-20)12-11-16-7-4-3-5-8-16/h3-5,7-8,13-14,23,25H,6,9-10H2,1-2H3/t23-/m1/s1. The van der Waals surface area contributed by atoms with Crippen LogP contribution in [0.25, 0.3) is 0 Å². The van der Waals surface area contributed by atoms with Crippen LogP contribution in [0.2, 0.25) is 0 Å². The summed E-state index contributed by atoms with van der Waals surface area (Å²) < 4.78 is 5.04. The van der Waals surface area contributed by atoms with Crippen LogP contribution in [0, 0.1) is 11.8 Å². The van der Waals surface area contributed by atoms with Gasteiger partial charge >= 0.3 is 5.97 Å². The zero-order chi connectivity index (χ0) is 20.4. The third-order valence-corrected chi connectivity index (χ3v) is 6.26. The number of nitrogens with one attached hydrogen (secondary N) is 1. The molecule has 146 valence electrons. The molecule has 4 nitrogen and oxygen atoms in total. The van der Waals surface area contributed by atoms with Crippen LogP contribution in [0.1, 0.15) is 47.4 Å². The number of allylic oxidation sites excluding steroid dienone is 3. The summed E-state index contributed by atoms with van der Waals surface area (Å²) in [7, 11) is 1.37. The fraction of sp³-hybridized carbons (Fsp3) is 0.250. The maximum Gasteiger partial charge on any atom is 0.336 e. The Morgan fingerprint density at radius 3 is 2.69 bits per heavy atom. The van der Waals surface area contributed by atoms with Gasteiger partial charge < -0.3 is 10.1 Å². The fourth-order valence-corrected chi connectivity index (χ4v) is 4.86. The van der Waals surface area contributed by atoms with Gasteiger partial charge in [-0.15, -0.1) is 11.3 Å². The molecule has 0 radical (unpaired) electrons. The molecule has 1 N–H and O–H groups in total. The highest BCUT2D eigenvalue weighted by molar-refractivity contribution is 7.12. The molecule has 4 rings (SSSR count). The maximum absolute atomic E-state index is 12.8. The lowest BCUT2D eigenvalue weighted by Crippen LogP contribution is -2.33. The van der Waals surface area contributed by atoms with Crippen LogP contribution in [0.5, 0.6) is 0 Å². The van der Waals surface area contributed by atoms with Crippen molar-refractivity contribution in [2.75, 3.05) is 7.11 Å². The Kier molecular flexibility index (Phi) is 5.37. The maximum atomic E-state index is 12.8. The summed E-state index contributed by atoms with van der Waals surface area (Å²) in [6.45, 7) is 1.87. The molecule has 0 saturated carbocycles. The summed E-state index contributed by atoms with van der Waals surface area (Å²) >= 11 is 1.52. The molecular formula is C24H21NO3S. The van der Waals surface area contributed by atoms with Crippen molar-refractivity contribution in [3.05, 3.63) is 80.3 Å². The van der Waals surface area contributed by atoms with Crippen LogP contribution < -0.4 is 5.32 Å². The predicted molar refractivity (Wildman–Crippen MR) is 113 cm³/mol. The van der Waals surface area contributed by atoms with Gasteiger partial charge in [-0.2, -0.15) is 0 Å². The third kappa shape index (κ3) is 3.76. The van der Waals surface area contributed by atoms with Crippen LogP contribution in [-0.2, 0) is 14.3 Å². The lowest BCUT2D eigenvalue weighted by molar-refractivity contribution is -0.136. The molecule has 1 aromatic heterocycles. The first-order valence-corrected chi connectivity index (χ1v) is 10.4. The van der Waals surface area contributed by atoms with Gasteiger partial charge in [0.2, 0.25) is 0 Å². The number of ether oxygens (including phenoxy) is 1. The van der Waals surface area contributed by atoms with Crippen molar-refractivity contribution in [1.29, 1.82) is 0 Å². The molecule has 0 unspecified atom stereocenters. The Labute approximate surface area is 174 Å². The second-order valence-electron chi connectivity index (χ2n) is 7.08. The number of carbonyl (C=O) groups is 2. The topological polar surface area (TPSA) is 55.4 Å². The van der Waals surface area contributed by atoms with E-state index in [1.807, 2.05) is 49.4 Å². The fourth-order valence-electron chi connectivity index (χ4n) is 3.88. The number of hydrogen-bond donors (Lipinski definition) is 1. The zero-order valence-electron chi connectivity index (χ0n) is 16.4. The van der Waals surface area contributed by atoms with Crippen LogP contribution in [0.15, 0.2) is 65.0 Å². The number of carbonyl (C=O) groups excluding carboxylic acids is 2. The Morgan fingerprint density at radius 1 is 1.14 bits per heavy atom. The number of thiophene rings is 1. The van der Waals surface area contributed by atoms with E-state index < -0.39 is 11.9 Å². The van der Waals surface area contributed by atoms with E-state index in [2.05, 4.69) is 17.2 Å². The lowest BCUT2D eigenvalue weighted by atomic mass is 9.78. The molecule has 1 atom stereocenters. The van der Waals surface area contributed by atoms with Gasteiger partial charge in [-0.25, -0.2) is 4.79 Å². The molecule has 0 bridgehead atoms. The molecule has 1 aromatic carbocycles. The summed E-state index contributed by atoms with van der Waals surface area (Å²) in [6.07, 6.45) is 2.16. The van der Waals surface area contributed by atoms with Crippen LogP contribution >= 0.6 is 11.3 Å². The summed E-state index contributed by atoms with van der Waals surface area (Å²) in [6, 6.07) is 13.7. The number of dihydropyridines is 1. The molecule has 2 aromatic rings. The van der Waals surface area contributed by atoms with E-state index in [0.717, 1.165) is 39.6 Å². The first kappa shape index (κ1) is 19.2. The number of benzene rings is 1. The molecule has 0 amide bonds. The highest BCUT2D eigenvalue weighted by Crippen LogP contribution is 2.44. The minimum atomic E-state index is -0.407. The number of hydrogen-bond acceptors (Lipinski definition) is 5. The van der Waals surface area contributed by atoms with Gasteiger partial charge in [-0.05, 0) is 44.0 Å². The molecule has 2 aliphatic rings. The summed E-state index contributed by atoms with van der Waals surface area (Å²) in [4.78, 5) is 27.2. The Balaban J connectivity index is 1.76. The summed E-state index contributed by atoms with van der Waals surface area (Å²) in [5.41, 5.74) is 3.84. The van der Waals surface area contributed by atoms with E-state index in [4.69, 9.17) is 4.74 Å². The third-order valence-electron chi connectivity index (χ3n) is 5.20. The van der Waals surface area contributed by atoms with Crippen LogP contribution in [-0.4, -0.2) is 18.9 Å². The average molecular weight is 404 g/mol. The summed E-state index contributed by atoms with van der Waals surface area (Å²) in [5.74, 6) is 5.65. The van der Waals surface area contributed by atoms with Crippen molar-refractivity contribution >= 4 is 23.1 Å². The minimum Gasteiger partial charge on any atom is -0.466 e. The predicted octanol–water partition coefficient (Wildman–Crippen LogP) is 4.29. The largest absolute Gasteiger partial charge is 0.466 e. The smallest absolute Gasteiger partial charge is 0.336 e. The molecule has 29 heavy (non-hydrogen) atoms. The van der Waals surface area contributed by atoms with E-state index in [1.54, 1.807) is 0 Å². The molecule has 0 spiro atoms. The SMILES string of the molecule is COC(=O)C1=C(C)NC2=C(C(=O)CCC2)[C@@H]1c1ccc(C#Cc2ccccc2)s1. The number of esters is 1. The van der Waals surface area contributed by atoms with Crippen molar-refractivity contribution < 1.29 is 14.3 Å². The van der Waals surface area contributed by atoms with E-state index in [1.165, 1.54) is 18.4 Å². The Hall–Kier alpha value is -3.10. The van der Waals surface area contributed by atoms with E-state index in [-0.39, 0.29) is 5.78 Å². The Morgan fingerprint density at radius 2 is 1.93 bits per heavy atom. The van der Waals surface area contributed by atoms with Gasteiger partial charge in [-0.3, -0.25) is 4.79 Å². The molecule has 1 aliphatic carbocycles. The first-order valence-electron chi connectivity index (χ1n) is 9.57. The van der Waals surface area contributed by atoms with Crippen LogP contribution in [0.4, 0.5) is 0 Å². The second kappa shape index (κ2) is 8.10. The van der Waals surface area contributed by atoms with Crippen molar-refractivity contribution in [1.82, 2.24) is 5.32 Å². The number of Topliss-reactive ketones (excluding diaryl/α,β-unsaturated/α-hetero) is 1.